The summed E-state index contributed by atoms with van der Waals surface area (Å²) in [5.74, 6) is -0.261. The Kier molecular flexibility index (Phi) is 6.59. The minimum Gasteiger partial charge on any atom is -0.379 e. The molecule has 0 radical (unpaired) electrons. The fourth-order valence-electron chi connectivity index (χ4n) is 2.63. The molecule has 2 rings (SSSR count). The zero-order chi connectivity index (χ0) is 17.6. The summed E-state index contributed by atoms with van der Waals surface area (Å²) in [5, 5.41) is 2.76. The quantitative estimate of drug-likeness (QED) is 0.854. The summed E-state index contributed by atoms with van der Waals surface area (Å²) in [6.45, 7) is 2.68. The van der Waals surface area contributed by atoms with Crippen LogP contribution in [0.2, 0.25) is 0 Å². The molecule has 1 fully saturated rings. The van der Waals surface area contributed by atoms with E-state index < -0.39 is 11.7 Å². The van der Waals surface area contributed by atoms with Crippen LogP contribution in [0.5, 0.6) is 0 Å². The molecule has 0 unspecified atom stereocenters. The summed E-state index contributed by atoms with van der Waals surface area (Å²) in [5.41, 5.74) is 0.0398. The minimum atomic E-state index is -4.36. The van der Waals surface area contributed by atoms with Gasteiger partial charge in [0.2, 0.25) is 5.91 Å². The molecular formula is C16H21F3N2O3. The van der Waals surface area contributed by atoms with Crippen molar-refractivity contribution in [2.75, 3.05) is 46.6 Å². The van der Waals surface area contributed by atoms with Crippen LogP contribution in [0.15, 0.2) is 24.3 Å². The van der Waals surface area contributed by atoms with E-state index in [0.29, 0.717) is 32.8 Å². The third kappa shape index (κ3) is 5.19. The maximum atomic E-state index is 12.7. The number of hydrogen-bond donors (Lipinski definition) is 1. The number of morpholine rings is 1. The zero-order valence-corrected chi connectivity index (χ0v) is 13.4. The fraction of sp³-hybridized carbons (Fsp3) is 0.562. The van der Waals surface area contributed by atoms with Crippen LogP contribution in [0, 0.1) is 0 Å². The first kappa shape index (κ1) is 18.7. The highest BCUT2D eigenvalue weighted by molar-refractivity contribution is 5.77. The summed E-state index contributed by atoms with van der Waals surface area (Å²) in [4.78, 5) is 13.7. The number of hydrogen-bond acceptors (Lipinski definition) is 4. The maximum absolute atomic E-state index is 12.7. The van der Waals surface area contributed by atoms with Gasteiger partial charge in [-0.2, -0.15) is 13.2 Å². The zero-order valence-electron chi connectivity index (χ0n) is 13.4. The standard InChI is InChI=1S/C16H21F3N2O3/c1-23-11-15(22)20-10-14(21-6-8-24-9-7-21)12-2-4-13(5-3-12)16(17,18)19/h2-5,14H,6-11H2,1H3,(H,20,22)/t14-/m1/s1. The first-order chi connectivity index (χ1) is 11.4. The van der Waals surface area contributed by atoms with Crippen molar-refractivity contribution < 1.29 is 27.4 Å². The molecule has 0 spiro atoms. The van der Waals surface area contributed by atoms with E-state index in [1.165, 1.54) is 19.2 Å². The minimum absolute atomic E-state index is 0.0527. The number of alkyl halides is 3. The van der Waals surface area contributed by atoms with Gasteiger partial charge in [-0.1, -0.05) is 12.1 Å². The second kappa shape index (κ2) is 8.46. The van der Waals surface area contributed by atoms with Crippen molar-refractivity contribution in [2.24, 2.45) is 0 Å². The van der Waals surface area contributed by atoms with Crippen molar-refractivity contribution in [1.29, 1.82) is 0 Å². The van der Waals surface area contributed by atoms with Gasteiger partial charge in [0, 0.05) is 26.7 Å². The number of halogens is 3. The molecule has 1 N–H and O–H groups in total. The molecule has 0 saturated carbocycles. The van der Waals surface area contributed by atoms with Gasteiger partial charge in [0.25, 0.3) is 0 Å². The van der Waals surface area contributed by atoms with Crippen molar-refractivity contribution in [3.05, 3.63) is 35.4 Å². The fourth-order valence-corrected chi connectivity index (χ4v) is 2.63. The van der Waals surface area contributed by atoms with E-state index >= 15 is 0 Å². The van der Waals surface area contributed by atoms with Crippen molar-refractivity contribution in [1.82, 2.24) is 10.2 Å². The predicted octanol–water partition coefficient (Wildman–Crippen LogP) is 1.84. The van der Waals surface area contributed by atoms with Crippen molar-refractivity contribution in [3.63, 3.8) is 0 Å². The number of carbonyl (C=O) groups excluding carboxylic acids is 1. The van der Waals surface area contributed by atoms with E-state index in [-0.39, 0.29) is 18.6 Å². The van der Waals surface area contributed by atoms with Gasteiger partial charge in [0.1, 0.15) is 6.61 Å². The number of amides is 1. The van der Waals surface area contributed by atoms with Crippen molar-refractivity contribution in [2.45, 2.75) is 12.2 Å². The Morgan fingerprint density at radius 2 is 1.92 bits per heavy atom. The van der Waals surface area contributed by atoms with Gasteiger partial charge >= 0.3 is 6.18 Å². The molecule has 0 aliphatic carbocycles. The lowest BCUT2D eigenvalue weighted by Crippen LogP contribution is -2.44. The number of rotatable bonds is 6. The third-order valence-electron chi connectivity index (χ3n) is 3.88. The number of benzene rings is 1. The topological polar surface area (TPSA) is 50.8 Å². The number of ether oxygens (including phenoxy) is 2. The Morgan fingerprint density at radius 1 is 1.29 bits per heavy atom. The van der Waals surface area contributed by atoms with Gasteiger partial charge in [-0.25, -0.2) is 0 Å². The van der Waals surface area contributed by atoms with Crippen LogP contribution in [0.25, 0.3) is 0 Å². The average molecular weight is 346 g/mol. The van der Waals surface area contributed by atoms with Gasteiger partial charge in [0.05, 0.1) is 24.8 Å². The molecule has 24 heavy (non-hydrogen) atoms. The Bertz CT molecular complexity index is 528. The van der Waals surface area contributed by atoms with Crippen LogP contribution >= 0.6 is 0 Å². The van der Waals surface area contributed by atoms with E-state index in [9.17, 15) is 18.0 Å². The van der Waals surface area contributed by atoms with Gasteiger partial charge < -0.3 is 14.8 Å². The number of methoxy groups -OCH3 is 1. The second-order valence-corrected chi connectivity index (χ2v) is 5.52. The molecule has 1 aliphatic heterocycles. The monoisotopic (exact) mass is 346 g/mol. The van der Waals surface area contributed by atoms with Crippen molar-refractivity contribution in [3.8, 4) is 0 Å². The number of carbonyl (C=O) groups is 1. The molecule has 1 aromatic carbocycles. The molecular weight excluding hydrogens is 325 g/mol. The summed E-state index contributed by atoms with van der Waals surface area (Å²) in [6.07, 6.45) is -4.36. The van der Waals surface area contributed by atoms with Crippen LogP contribution < -0.4 is 5.32 Å². The summed E-state index contributed by atoms with van der Waals surface area (Å²) < 4.78 is 48.2. The van der Waals surface area contributed by atoms with Crippen LogP contribution in [0.3, 0.4) is 0 Å². The highest BCUT2D eigenvalue weighted by Gasteiger charge is 2.31. The molecule has 1 heterocycles. The molecule has 1 aliphatic rings. The van der Waals surface area contributed by atoms with E-state index in [0.717, 1.165) is 17.7 Å². The van der Waals surface area contributed by atoms with E-state index in [1.807, 2.05) is 0 Å². The largest absolute Gasteiger partial charge is 0.416 e. The van der Waals surface area contributed by atoms with Gasteiger partial charge in [-0.05, 0) is 17.7 Å². The van der Waals surface area contributed by atoms with Crippen molar-refractivity contribution >= 4 is 5.91 Å². The van der Waals surface area contributed by atoms with Gasteiger partial charge in [-0.3, -0.25) is 9.69 Å². The number of nitrogens with one attached hydrogen (secondary N) is 1. The Labute approximate surface area is 138 Å². The van der Waals surface area contributed by atoms with Crippen LogP contribution in [0.1, 0.15) is 17.2 Å². The summed E-state index contributed by atoms with van der Waals surface area (Å²) >= 11 is 0. The first-order valence-corrected chi connectivity index (χ1v) is 7.66. The van der Waals surface area contributed by atoms with E-state index in [2.05, 4.69) is 10.2 Å². The Morgan fingerprint density at radius 3 is 2.46 bits per heavy atom. The molecule has 0 aromatic heterocycles. The predicted molar refractivity (Wildman–Crippen MR) is 81.5 cm³/mol. The average Bonchev–Trinajstić information content (AvgIpc) is 2.56. The summed E-state index contributed by atoms with van der Waals surface area (Å²) in [7, 11) is 1.43. The van der Waals surface area contributed by atoms with Crippen LogP contribution in [-0.4, -0.2) is 57.4 Å². The molecule has 5 nitrogen and oxygen atoms in total. The lowest BCUT2D eigenvalue weighted by atomic mass is 10.0. The highest BCUT2D eigenvalue weighted by Crippen LogP contribution is 2.31. The second-order valence-electron chi connectivity index (χ2n) is 5.52. The SMILES string of the molecule is COCC(=O)NC[C@H](c1ccc(C(F)(F)F)cc1)N1CCOCC1. The van der Waals surface area contributed by atoms with E-state index in [4.69, 9.17) is 9.47 Å². The molecule has 1 saturated heterocycles. The molecule has 1 atom stereocenters. The molecule has 1 amide bonds. The van der Waals surface area contributed by atoms with Gasteiger partial charge in [-0.15, -0.1) is 0 Å². The molecule has 0 bridgehead atoms. The van der Waals surface area contributed by atoms with E-state index in [1.54, 1.807) is 0 Å². The lowest BCUT2D eigenvalue weighted by molar-refractivity contribution is -0.137. The normalized spacial score (nSPS) is 17.5. The van der Waals surface area contributed by atoms with Gasteiger partial charge in [0.15, 0.2) is 0 Å². The molecule has 8 heteroatoms. The highest BCUT2D eigenvalue weighted by atomic mass is 19.4. The lowest BCUT2D eigenvalue weighted by Gasteiger charge is -2.35. The Hall–Kier alpha value is -1.64. The first-order valence-electron chi connectivity index (χ1n) is 7.66. The van der Waals surface area contributed by atoms with Crippen LogP contribution in [-0.2, 0) is 20.4 Å². The summed E-state index contributed by atoms with van der Waals surface area (Å²) in [6, 6.07) is 4.85. The Balaban J connectivity index is 2.13. The third-order valence-corrected chi connectivity index (χ3v) is 3.88. The van der Waals surface area contributed by atoms with Crippen LogP contribution in [0.4, 0.5) is 13.2 Å². The maximum Gasteiger partial charge on any atom is 0.416 e. The molecule has 134 valence electrons. The smallest absolute Gasteiger partial charge is 0.379 e. The number of nitrogens with zero attached hydrogens (tertiary/aromatic N) is 1. The molecule has 1 aromatic rings.